The van der Waals surface area contributed by atoms with E-state index in [0.717, 1.165) is 13.1 Å². The number of nitrogens with zero attached hydrogens (tertiary/aromatic N) is 5. The lowest BCUT2D eigenvalue weighted by Gasteiger charge is -2.30. The van der Waals surface area contributed by atoms with Gasteiger partial charge < -0.3 is 20.3 Å². The van der Waals surface area contributed by atoms with Crippen molar-refractivity contribution in [2.45, 2.75) is 26.8 Å². The molecule has 1 atom stereocenters. The van der Waals surface area contributed by atoms with Crippen LogP contribution in [0.2, 0.25) is 0 Å². The average Bonchev–Trinajstić information content (AvgIpc) is 2.45. The topological polar surface area (TPSA) is 80.4 Å². The monoisotopic (exact) mass is 280 g/mol. The molecule has 1 aliphatic rings. The van der Waals surface area contributed by atoms with Crippen LogP contribution in [0.1, 0.15) is 20.8 Å². The molecule has 2 N–H and O–H groups in total. The molecule has 1 aromatic heterocycles. The second-order valence-corrected chi connectivity index (χ2v) is 5.49. The fourth-order valence-electron chi connectivity index (χ4n) is 2.06. The Morgan fingerprint density at radius 1 is 1.15 bits per heavy atom. The van der Waals surface area contributed by atoms with Crippen LogP contribution in [0.3, 0.4) is 0 Å². The van der Waals surface area contributed by atoms with Gasteiger partial charge in [-0.2, -0.15) is 15.0 Å². The van der Waals surface area contributed by atoms with E-state index in [4.69, 9.17) is 10.5 Å². The van der Waals surface area contributed by atoms with Crippen LogP contribution in [0, 0.1) is 5.92 Å². The van der Waals surface area contributed by atoms with Gasteiger partial charge in [-0.15, -0.1) is 0 Å². The van der Waals surface area contributed by atoms with Crippen LogP contribution in [0.25, 0.3) is 0 Å². The van der Waals surface area contributed by atoms with E-state index < -0.39 is 0 Å². The Balaban J connectivity index is 2.23. The van der Waals surface area contributed by atoms with E-state index in [1.54, 1.807) is 0 Å². The van der Waals surface area contributed by atoms with E-state index in [1.807, 2.05) is 11.9 Å². The number of rotatable bonds is 4. The minimum absolute atomic E-state index is 0.263. The Morgan fingerprint density at radius 3 is 2.40 bits per heavy atom. The first-order valence-electron chi connectivity index (χ1n) is 7.06. The Bertz CT molecular complexity index is 446. The second-order valence-electron chi connectivity index (χ2n) is 5.49. The number of morpholine rings is 1. The number of anilines is 3. The molecule has 0 amide bonds. The molecule has 112 valence electrons. The standard InChI is InChI=1S/C13H24N6O/c1-9(2)10(3)18(4)12-15-11(14)16-13(17-12)19-5-7-20-8-6-19/h9-10H,5-8H2,1-4H3,(H2,14,15,16,17). The number of ether oxygens (including phenoxy) is 1. The van der Waals surface area contributed by atoms with Gasteiger partial charge in [0.1, 0.15) is 0 Å². The van der Waals surface area contributed by atoms with Crippen molar-refractivity contribution in [1.82, 2.24) is 15.0 Å². The van der Waals surface area contributed by atoms with Crippen molar-refractivity contribution in [2.75, 3.05) is 48.9 Å². The van der Waals surface area contributed by atoms with Gasteiger partial charge in [-0.3, -0.25) is 0 Å². The van der Waals surface area contributed by atoms with Gasteiger partial charge >= 0.3 is 0 Å². The molecular weight excluding hydrogens is 256 g/mol. The average molecular weight is 280 g/mol. The second kappa shape index (κ2) is 6.21. The van der Waals surface area contributed by atoms with E-state index in [-0.39, 0.29) is 5.95 Å². The van der Waals surface area contributed by atoms with Crippen molar-refractivity contribution in [3.63, 3.8) is 0 Å². The minimum atomic E-state index is 0.263. The van der Waals surface area contributed by atoms with Gasteiger partial charge in [0.2, 0.25) is 17.8 Å². The zero-order valence-electron chi connectivity index (χ0n) is 12.7. The molecule has 1 saturated heterocycles. The molecule has 1 unspecified atom stereocenters. The Kier molecular flexibility index (Phi) is 4.59. The van der Waals surface area contributed by atoms with E-state index in [1.165, 1.54) is 0 Å². The normalized spacial score (nSPS) is 17.4. The fourth-order valence-corrected chi connectivity index (χ4v) is 2.06. The molecule has 7 heteroatoms. The molecule has 1 aromatic rings. The highest BCUT2D eigenvalue weighted by atomic mass is 16.5. The molecule has 2 rings (SSSR count). The Hall–Kier alpha value is -1.63. The predicted octanol–water partition coefficient (Wildman–Crippen LogP) is 0.771. The van der Waals surface area contributed by atoms with Crippen LogP contribution < -0.4 is 15.5 Å². The zero-order chi connectivity index (χ0) is 14.7. The first kappa shape index (κ1) is 14.8. The SMILES string of the molecule is CC(C)C(C)N(C)c1nc(N)nc(N2CCOCC2)n1. The summed E-state index contributed by atoms with van der Waals surface area (Å²) in [7, 11) is 1.99. The van der Waals surface area contributed by atoms with Crippen LogP contribution in [-0.2, 0) is 4.74 Å². The van der Waals surface area contributed by atoms with Crippen molar-refractivity contribution in [3.05, 3.63) is 0 Å². The largest absolute Gasteiger partial charge is 0.378 e. The smallest absolute Gasteiger partial charge is 0.232 e. The summed E-state index contributed by atoms with van der Waals surface area (Å²) in [5.74, 6) is 2.03. The van der Waals surface area contributed by atoms with Crippen molar-refractivity contribution in [2.24, 2.45) is 5.92 Å². The first-order chi connectivity index (χ1) is 9.49. The molecule has 7 nitrogen and oxygen atoms in total. The lowest BCUT2D eigenvalue weighted by molar-refractivity contribution is 0.122. The summed E-state index contributed by atoms with van der Waals surface area (Å²) in [5.41, 5.74) is 5.83. The molecule has 20 heavy (non-hydrogen) atoms. The van der Waals surface area contributed by atoms with Crippen LogP contribution >= 0.6 is 0 Å². The van der Waals surface area contributed by atoms with Crippen LogP contribution in [0.15, 0.2) is 0 Å². The maximum absolute atomic E-state index is 5.83. The number of nitrogens with two attached hydrogens (primary N) is 1. The van der Waals surface area contributed by atoms with Crippen LogP contribution in [-0.4, -0.2) is 54.3 Å². The van der Waals surface area contributed by atoms with Gasteiger partial charge in [-0.05, 0) is 12.8 Å². The highest BCUT2D eigenvalue weighted by Gasteiger charge is 2.20. The molecule has 0 spiro atoms. The summed E-state index contributed by atoms with van der Waals surface area (Å²) in [6.07, 6.45) is 0. The highest BCUT2D eigenvalue weighted by Crippen LogP contribution is 2.19. The van der Waals surface area contributed by atoms with E-state index in [2.05, 4.69) is 40.6 Å². The third-order valence-electron chi connectivity index (χ3n) is 3.81. The number of hydrogen-bond acceptors (Lipinski definition) is 7. The zero-order valence-corrected chi connectivity index (χ0v) is 12.7. The van der Waals surface area contributed by atoms with Gasteiger partial charge in [0.15, 0.2) is 0 Å². The maximum Gasteiger partial charge on any atom is 0.232 e. The van der Waals surface area contributed by atoms with Crippen molar-refractivity contribution < 1.29 is 4.74 Å². The van der Waals surface area contributed by atoms with E-state index in [9.17, 15) is 0 Å². The van der Waals surface area contributed by atoms with E-state index >= 15 is 0 Å². The molecule has 0 aromatic carbocycles. The Labute approximate surface area is 120 Å². The minimum Gasteiger partial charge on any atom is -0.378 e. The number of aromatic nitrogens is 3. The van der Waals surface area contributed by atoms with E-state index in [0.29, 0.717) is 37.1 Å². The van der Waals surface area contributed by atoms with Crippen molar-refractivity contribution in [1.29, 1.82) is 0 Å². The molecule has 1 aliphatic heterocycles. The maximum atomic E-state index is 5.83. The Morgan fingerprint density at radius 2 is 1.80 bits per heavy atom. The summed E-state index contributed by atoms with van der Waals surface area (Å²) < 4.78 is 5.34. The first-order valence-corrected chi connectivity index (χ1v) is 7.06. The summed E-state index contributed by atoms with van der Waals surface area (Å²) in [4.78, 5) is 17.2. The van der Waals surface area contributed by atoms with Crippen LogP contribution in [0.5, 0.6) is 0 Å². The quantitative estimate of drug-likeness (QED) is 0.872. The summed E-state index contributed by atoms with van der Waals surface area (Å²) in [6.45, 7) is 9.46. The number of hydrogen-bond donors (Lipinski definition) is 1. The third-order valence-corrected chi connectivity index (χ3v) is 3.81. The van der Waals surface area contributed by atoms with Gasteiger partial charge in [0, 0.05) is 26.2 Å². The summed E-state index contributed by atoms with van der Waals surface area (Å²) in [6, 6.07) is 0.328. The van der Waals surface area contributed by atoms with Gasteiger partial charge in [0.05, 0.1) is 13.2 Å². The third kappa shape index (κ3) is 3.27. The van der Waals surface area contributed by atoms with Crippen molar-refractivity contribution >= 4 is 17.8 Å². The highest BCUT2D eigenvalue weighted by molar-refractivity contribution is 5.43. The predicted molar refractivity (Wildman–Crippen MR) is 80.0 cm³/mol. The lowest BCUT2D eigenvalue weighted by Crippen LogP contribution is -2.39. The van der Waals surface area contributed by atoms with Crippen LogP contribution in [0.4, 0.5) is 17.8 Å². The molecule has 2 heterocycles. The molecule has 0 aliphatic carbocycles. The molecule has 1 fully saturated rings. The summed E-state index contributed by atoms with van der Waals surface area (Å²) >= 11 is 0. The summed E-state index contributed by atoms with van der Waals surface area (Å²) in [5, 5.41) is 0. The molecule has 0 bridgehead atoms. The van der Waals surface area contributed by atoms with Gasteiger partial charge in [-0.1, -0.05) is 13.8 Å². The number of nitrogen functional groups attached to an aromatic ring is 1. The lowest BCUT2D eigenvalue weighted by atomic mass is 10.1. The van der Waals surface area contributed by atoms with Crippen molar-refractivity contribution in [3.8, 4) is 0 Å². The fraction of sp³-hybridized carbons (Fsp3) is 0.769. The molecule has 0 radical (unpaired) electrons. The van der Waals surface area contributed by atoms with Gasteiger partial charge in [-0.25, -0.2) is 0 Å². The molecular formula is C13H24N6O. The van der Waals surface area contributed by atoms with Gasteiger partial charge in [0.25, 0.3) is 0 Å². The molecule has 0 saturated carbocycles.